The van der Waals surface area contributed by atoms with E-state index < -0.39 is 10.0 Å². The number of halogens is 1. The average molecular weight is 403 g/mol. The zero-order valence-corrected chi connectivity index (χ0v) is 16.0. The summed E-state index contributed by atoms with van der Waals surface area (Å²) in [6, 6.07) is 11.3. The van der Waals surface area contributed by atoms with Crippen molar-refractivity contribution in [1.82, 2.24) is 5.16 Å². The minimum atomic E-state index is -3.85. The molecule has 0 saturated heterocycles. The molecule has 0 aliphatic rings. The first-order valence-corrected chi connectivity index (χ1v) is 9.83. The number of sulfonamides is 1. The molecule has 0 fully saturated rings. The van der Waals surface area contributed by atoms with E-state index in [2.05, 4.69) is 15.2 Å². The van der Waals surface area contributed by atoms with Gasteiger partial charge in [-0.2, -0.15) is 0 Å². The molecule has 3 rings (SSSR count). The number of rotatable bonds is 6. The highest BCUT2D eigenvalue weighted by molar-refractivity contribution is 7.92. The smallest absolute Gasteiger partial charge is 0.264 e. The zero-order chi connectivity index (χ0) is 20.3. The number of carbonyl (C=O) groups excluding carboxylic acids is 1. The summed E-state index contributed by atoms with van der Waals surface area (Å²) in [5.74, 6) is -0.604. The van der Waals surface area contributed by atoms with Crippen LogP contribution in [0.15, 0.2) is 57.9 Å². The first kappa shape index (κ1) is 19.6. The van der Waals surface area contributed by atoms with E-state index in [0.29, 0.717) is 22.5 Å². The van der Waals surface area contributed by atoms with Gasteiger partial charge in [0.25, 0.3) is 10.0 Å². The minimum absolute atomic E-state index is 0.0116. The van der Waals surface area contributed by atoms with E-state index in [9.17, 15) is 17.6 Å². The highest BCUT2D eigenvalue weighted by Gasteiger charge is 2.19. The second kappa shape index (κ2) is 7.81. The largest absolute Gasteiger partial charge is 0.337 e. The van der Waals surface area contributed by atoms with Crippen LogP contribution in [0.3, 0.4) is 0 Å². The molecule has 9 heteroatoms. The summed E-state index contributed by atoms with van der Waals surface area (Å²) in [7, 11) is -3.85. The van der Waals surface area contributed by atoms with Gasteiger partial charge in [0.2, 0.25) is 11.8 Å². The van der Waals surface area contributed by atoms with E-state index in [-0.39, 0.29) is 28.9 Å². The molecule has 146 valence electrons. The molecular formula is C19H18FN3O4S. The maximum Gasteiger partial charge on any atom is 0.264 e. The number of hydrogen-bond donors (Lipinski definition) is 2. The molecule has 1 aromatic heterocycles. The summed E-state index contributed by atoms with van der Waals surface area (Å²) in [5.41, 5.74) is 2.31. The molecule has 0 radical (unpaired) electrons. The lowest BCUT2D eigenvalue weighted by Crippen LogP contribution is -2.15. The van der Waals surface area contributed by atoms with Crippen molar-refractivity contribution < 1.29 is 22.1 Å². The SMILES string of the molecule is Cc1noc(NS(=O)(=O)c2ccc(NC(=O)Cc3ccc(F)cc3)cc2)c1C. The van der Waals surface area contributed by atoms with Crippen LogP contribution >= 0.6 is 0 Å². The molecule has 7 nitrogen and oxygen atoms in total. The van der Waals surface area contributed by atoms with Crippen LogP contribution in [0.4, 0.5) is 16.0 Å². The Bertz CT molecular complexity index is 1090. The van der Waals surface area contributed by atoms with E-state index >= 15 is 0 Å². The van der Waals surface area contributed by atoms with Gasteiger partial charge in [0.05, 0.1) is 17.0 Å². The van der Waals surface area contributed by atoms with Crippen molar-refractivity contribution in [3.63, 3.8) is 0 Å². The van der Waals surface area contributed by atoms with Crippen LogP contribution in [0.1, 0.15) is 16.8 Å². The van der Waals surface area contributed by atoms with Crippen molar-refractivity contribution in [1.29, 1.82) is 0 Å². The van der Waals surface area contributed by atoms with Gasteiger partial charge in [0.1, 0.15) is 5.82 Å². The van der Waals surface area contributed by atoms with E-state index in [1.807, 2.05) is 0 Å². The van der Waals surface area contributed by atoms with Gasteiger partial charge < -0.3 is 9.84 Å². The van der Waals surface area contributed by atoms with E-state index in [1.165, 1.54) is 48.5 Å². The number of aromatic nitrogens is 1. The lowest BCUT2D eigenvalue weighted by molar-refractivity contribution is -0.115. The second-order valence-electron chi connectivity index (χ2n) is 6.20. The monoisotopic (exact) mass is 403 g/mol. The van der Waals surface area contributed by atoms with Crippen LogP contribution in [-0.4, -0.2) is 19.5 Å². The molecular weight excluding hydrogens is 385 g/mol. The van der Waals surface area contributed by atoms with Gasteiger partial charge in [0, 0.05) is 11.3 Å². The van der Waals surface area contributed by atoms with Gasteiger partial charge in [-0.05, 0) is 55.8 Å². The quantitative estimate of drug-likeness (QED) is 0.657. The number of amides is 1. The molecule has 0 unspecified atom stereocenters. The van der Waals surface area contributed by atoms with Gasteiger partial charge in [-0.1, -0.05) is 17.3 Å². The fourth-order valence-corrected chi connectivity index (χ4v) is 3.45. The molecule has 1 heterocycles. The molecule has 28 heavy (non-hydrogen) atoms. The van der Waals surface area contributed by atoms with E-state index in [1.54, 1.807) is 13.8 Å². The highest BCUT2D eigenvalue weighted by atomic mass is 32.2. The molecule has 0 spiro atoms. The molecule has 0 aliphatic heterocycles. The maximum absolute atomic E-state index is 12.9. The molecule has 0 atom stereocenters. The maximum atomic E-state index is 12.9. The second-order valence-corrected chi connectivity index (χ2v) is 7.89. The summed E-state index contributed by atoms with van der Waals surface area (Å²) >= 11 is 0. The van der Waals surface area contributed by atoms with Crippen LogP contribution < -0.4 is 10.0 Å². The highest BCUT2D eigenvalue weighted by Crippen LogP contribution is 2.22. The number of nitrogens with one attached hydrogen (secondary N) is 2. The normalized spacial score (nSPS) is 11.2. The van der Waals surface area contributed by atoms with Crippen LogP contribution in [0, 0.1) is 19.7 Å². The molecule has 0 bridgehead atoms. The van der Waals surface area contributed by atoms with Gasteiger partial charge in [-0.3, -0.25) is 4.79 Å². The third-order valence-electron chi connectivity index (χ3n) is 4.11. The fourth-order valence-electron chi connectivity index (χ4n) is 2.40. The lowest BCUT2D eigenvalue weighted by Gasteiger charge is -2.08. The van der Waals surface area contributed by atoms with Gasteiger partial charge >= 0.3 is 0 Å². The first-order valence-electron chi connectivity index (χ1n) is 8.34. The van der Waals surface area contributed by atoms with Crippen LogP contribution in [0.2, 0.25) is 0 Å². The van der Waals surface area contributed by atoms with Crippen molar-refractivity contribution in [3.05, 3.63) is 71.2 Å². The Kier molecular flexibility index (Phi) is 5.46. The Balaban J connectivity index is 1.66. The van der Waals surface area contributed by atoms with Crippen molar-refractivity contribution in [2.45, 2.75) is 25.2 Å². The number of carbonyl (C=O) groups is 1. The van der Waals surface area contributed by atoms with Crippen LogP contribution in [-0.2, 0) is 21.2 Å². The lowest BCUT2D eigenvalue weighted by atomic mass is 10.1. The Morgan fingerprint density at radius 1 is 1.07 bits per heavy atom. The van der Waals surface area contributed by atoms with E-state index in [4.69, 9.17) is 4.52 Å². The van der Waals surface area contributed by atoms with Crippen LogP contribution in [0.5, 0.6) is 0 Å². The summed E-state index contributed by atoms with van der Waals surface area (Å²) in [6.07, 6.45) is 0.0754. The number of benzene rings is 2. The third-order valence-corrected chi connectivity index (χ3v) is 5.46. The van der Waals surface area contributed by atoms with Crippen molar-refractivity contribution in [2.75, 3.05) is 10.0 Å². The van der Waals surface area contributed by atoms with Crippen molar-refractivity contribution in [2.24, 2.45) is 0 Å². The summed E-state index contributed by atoms with van der Waals surface area (Å²) in [6.45, 7) is 3.41. The van der Waals surface area contributed by atoms with Crippen molar-refractivity contribution >= 4 is 27.5 Å². The van der Waals surface area contributed by atoms with Gasteiger partial charge in [-0.15, -0.1) is 0 Å². The predicted octanol–water partition coefficient (Wildman–Crippen LogP) is 3.41. The summed E-state index contributed by atoms with van der Waals surface area (Å²) in [5, 5.41) is 6.38. The molecule has 3 aromatic rings. The van der Waals surface area contributed by atoms with Gasteiger partial charge in [-0.25, -0.2) is 17.5 Å². The molecule has 0 saturated carbocycles. The molecule has 2 aromatic carbocycles. The first-order chi connectivity index (χ1) is 13.2. The predicted molar refractivity (Wildman–Crippen MR) is 102 cm³/mol. The molecule has 1 amide bonds. The third kappa shape index (κ3) is 4.55. The number of aryl methyl sites for hydroxylation is 1. The van der Waals surface area contributed by atoms with Gasteiger partial charge in [0.15, 0.2) is 0 Å². The zero-order valence-electron chi connectivity index (χ0n) is 15.2. The number of anilines is 2. The molecule has 2 N–H and O–H groups in total. The summed E-state index contributed by atoms with van der Waals surface area (Å²) < 4.78 is 45.1. The number of hydrogen-bond acceptors (Lipinski definition) is 5. The number of nitrogens with zero attached hydrogens (tertiary/aromatic N) is 1. The fraction of sp³-hybridized carbons (Fsp3) is 0.158. The Labute approximate surface area is 161 Å². The molecule has 0 aliphatic carbocycles. The Morgan fingerprint density at radius 2 is 1.71 bits per heavy atom. The minimum Gasteiger partial charge on any atom is -0.337 e. The van der Waals surface area contributed by atoms with E-state index in [0.717, 1.165) is 0 Å². The topological polar surface area (TPSA) is 101 Å². The summed E-state index contributed by atoms with van der Waals surface area (Å²) in [4.78, 5) is 12.1. The van der Waals surface area contributed by atoms with Crippen LogP contribution in [0.25, 0.3) is 0 Å². The average Bonchev–Trinajstić information content (AvgIpc) is 2.96. The standard InChI is InChI=1S/C19H18FN3O4S/c1-12-13(2)22-27-19(12)23-28(25,26)17-9-7-16(8-10-17)21-18(24)11-14-3-5-15(20)6-4-14/h3-10,23H,11H2,1-2H3,(H,21,24). The van der Waals surface area contributed by atoms with Crippen molar-refractivity contribution in [3.8, 4) is 0 Å². The Hall–Kier alpha value is -3.20. The Morgan fingerprint density at radius 3 is 2.29 bits per heavy atom.